The van der Waals surface area contributed by atoms with Gasteiger partial charge in [0.15, 0.2) is 11.6 Å². The quantitative estimate of drug-likeness (QED) is 0.165. The van der Waals surface area contributed by atoms with Crippen LogP contribution in [0.25, 0.3) is 10.8 Å². The first-order valence-corrected chi connectivity index (χ1v) is 15.4. The number of nitrogens with zero attached hydrogens (tertiary/aromatic N) is 1. The first kappa shape index (κ1) is 30.7. The number of Topliss-reactive ketones (excluding diaryl/α,β-unsaturated/α-hetero) is 2. The van der Waals surface area contributed by atoms with Crippen molar-refractivity contribution in [3.63, 3.8) is 0 Å². The Kier molecular flexibility index (Phi) is 8.13. The highest BCUT2D eigenvalue weighted by Crippen LogP contribution is 2.51. The molecule has 0 fully saturated rings. The van der Waals surface area contributed by atoms with Crippen molar-refractivity contribution in [3.8, 4) is 0 Å². The van der Waals surface area contributed by atoms with Crippen LogP contribution in [0.1, 0.15) is 59.0 Å². The van der Waals surface area contributed by atoms with E-state index in [0.29, 0.717) is 22.4 Å². The standard InChI is InChI=1S/C40H35NO5/c1-39(2,3)46-38(45)41-34-24-13-12-23-32(34)40(37(41)44,26-30-21-14-20-27-15-10-11-22-31(27)30)33(36(43)29-18-8-5-9-19-29)25-35(42)28-16-6-4-7-17-28/h4-24,33H,25-26H2,1-3H3/t33-,40+/m1/s1. The van der Waals surface area contributed by atoms with E-state index < -0.39 is 28.9 Å². The Morgan fingerprint density at radius 3 is 2.00 bits per heavy atom. The number of para-hydroxylation sites is 1. The van der Waals surface area contributed by atoms with E-state index in [-0.39, 0.29) is 24.4 Å². The molecule has 0 spiro atoms. The molecule has 5 aromatic carbocycles. The Hall–Kier alpha value is -5.36. The van der Waals surface area contributed by atoms with Crippen LogP contribution >= 0.6 is 0 Å². The molecule has 0 unspecified atom stereocenters. The molecular formula is C40H35NO5. The minimum atomic E-state index is -1.62. The van der Waals surface area contributed by atoms with E-state index in [1.165, 1.54) is 0 Å². The van der Waals surface area contributed by atoms with Crippen molar-refractivity contribution in [1.82, 2.24) is 0 Å². The van der Waals surface area contributed by atoms with Gasteiger partial charge in [0.2, 0.25) is 5.91 Å². The first-order chi connectivity index (χ1) is 22.1. The third-order valence-corrected chi connectivity index (χ3v) is 8.59. The number of amides is 2. The highest BCUT2D eigenvalue weighted by atomic mass is 16.6. The Balaban J connectivity index is 1.62. The zero-order valence-electron chi connectivity index (χ0n) is 26.1. The molecule has 0 aromatic heterocycles. The van der Waals surface area contributed by atoms with Gasteiger partial charge in [0.1, 0.15) is 5.60 Å². The number of fused-ring (bicyclic) bond motifs is 2. The van der Waals surface area contributed by atoms with Gasteiger partial charge in [-0.2, -0.15) is 0 Å². The van der Waals surface area contributed by atoms with Gasteiger partial charge in [-0.25, -0.2) is 9.69 Å². The number of ether oxygens (including phenoxy) is 1. The Labute approximate surface area is 268 Å². The summed E-state index contributed by atoms with van der Waals surface area (Å²) in [6.45, 7) is 5.21. The normalized spacial score (nSPS) is 16.6. The molecule has 0 aliphatic carbocycles. The van der Waals surface area contributed by atoms with Crippen LogP contribution < -0.4 is 4.90 Å². The van der Waals surface area contributed by atoms with Crippen LogP contribution in [0.3, 0.4) is 0 Å². The molecule has 6 nitrogen and oxygen atoms in total. The van der Waals surface area contributed by atoms with Crippen molar-refractivity contribution in [2.45, 2.75) is 44.6 Å². The molecule has 2 atom stereocenters. The van der Waals surface area contributed by atoms with Crippen molar-refractivity contribution in [1.29, 1.82) is 0 Å². The summed E-state index contributed by atoms with van der Waals surface area (Å²) in [7, 11) is 0. The summed E-state index contributed by atoms with van der Waals surface area (Å²) < 4.78 is 5.75. The number of ketones is 2. The second-order valence-electron chi connectivity index (χ2n) is 12.7. The molecule has 0 N–H and O–H groups in total. The lowest BCUT2D eigenvalue weighted by Crippen LogP contribution is -2.52. The van der Waals surface area contributed by atoms with Crippen molar-refractivity contribution in [3.05, 3.63) is 150 Å². The lowest BCUT2D eigenvalue weighted by Gasteiger charge is -2.36. The Bertz CT molecular complexity index is 1940. The van der Waals surface area contributed by atoms with Gasteiger partial charge >= 0.3 is 6.09 Å². The summed E-state index contributed by atoms with van der Waals surface area (Å²) >= 11 is 0. The lowest BCUT2D eigenvalue weighted by molar-refractivity contribution is -0.124. The topological polar surface area (TPSA) is 80.8 Å². The number of benzene rings is 5. The molecule has 6 rings (SSSR count). The molecule has 0 bridgehead atoms. The van der Waals surface area contributed by atoms with E-state index >= 15 is 4.79 Å². The average Bonchev–Trinajstić information content (AvgIpc) is 3.31. The van der Waals surface area contributed by atoms with Crippen LogP contribution in [-0.4, -0.2) is 29.2 Å². The van der Waals surface area contributed by atoms with Crippen molar-refractivity contribution in [2.75, 3.05) is 4.90 Å². The average molecular weight is 610 g/mol. The van der Waals surface area contributed by atoms with Crippen LogP contribution in [-0.2, 0) is 21.4 Å². The van der Waals surface area contributed by atoms with Crippen LogP contribution in [0.4, 0.5) is 10.5 Å². The van der Waals surface area contributed by atoms with Crippen LogP contribution in [0.2, 0.25) is 0 Å². The van der Waals surface area contributed by atoms with E-state index in [9.17, 15) is 14.4 Å². The lowest BCUT2D eigenvalue weighted by atomic mass is 9.63. The van der Waals surface area contributed by atoms with Gasteiger partial charge < -0.3 is 4.74 Å². The van der Waals surface area contributed by atoms with Crippen molar-refractivity contribution >= 4 is 40.0 Å². The summed E-state index contributed by atoms with van der Waals surface area (Å²) in [4.78, 5) is 58.9. The molecule has 230 valence electrons. The number of carbonyl (C=O) groups is 4. The molecule has 46 heavy (non-hydrogen) atoms. The number of carbonyl (C=O) groups excluding carboxylic acids is 4. The predicted molar refractivity (Wildman–Crippen MR) is 179 cm³/mol. The summed E-state index contributed by atoms with van der Waals surface area (Å²) in [5, 5.41) is 1.90. The fourth-order valence-electron chi connectivity index (χ4n) is 6.56. The number of imide groups is 1. The predicted octanol–water partition coefficient (Wildman–Crippen LogP) is 8.37. The maximum Gasteiger partial charge on any atom is 0.421 e. The minimum absolute atomic E-state index is 0.0782. The summed E-state index contributed by atoms with van der Waals surface area (Å²) in [5.41, 5.74) is 0.00682. The first-order valence-electron chi connectivity index (χ1n) is 15.4. The molecule has 0 radical (unpaired) electrons. The van der Waals surface area contributed by atoms with Crippen LogP contribution in [0.15, 0.2) is 127 Å². The largest absolute Gasteiger partial charge is 0.443 e. The summed E-state index contributed by atoms with van der Waals surface area (Å²) in [6.07, 6.45) is -0.996. The third-order valence-electron chi connectivity index (χ3n) is 8.59. The maximum atomic E-state index is 15.2. The third kappa shape index (κ3) is 5.63. The number of anilines is 1. The Morgan fingerprint density at radius 2 is 1.30 bits per heavy atom. The number of rotatable bonds is 8. The Morgan fingerprint density at radius 1 is 0.717 bits per heavy atom. The van der Waals surface area contributed by atoms with E-state index in [1.807, 2.05) is 54.6 Å². The molecular weight excluding hydrogens is 574 g/mol. The smallest absolute Gasteiger partial charge is 0.421 e. The highest BCUT2D eigenvalue weighted by Gasteiger charge is 2.60. The van der Waals surface area contributed by atoms with E-state index in [4.69, 9.17) is 4.74 Å². The van der Waals surface area contributed by atoms with Crippen molar-refractivity contribution in [2.24, 2.45) is 5.92 Å². The minimum Gasteiger partial charge on any atom is -0.443 e. The van der Waals surface area contributed by atoms with Crippen molar-refractivity contribution < 1.29 is 23.9 Å². The molecule has 0 saturated carbocycles. The molecule has 6 heteroatoms. The highest BCUT2D eigenvalue weighted by molar-refractivity contribution is 6.23. The molecule has 1 heterocycles. The van der Waals surface area contributed by atoms with E-state index in [1.54, 1.807) is 93.6 Å². The van der Waals surface area contributed by atoms with Gasteiger partial charge in [0.25, 0.3) is 0 Å². The number of hydrogen-bond donors (Lipinski definition) is 0. The van der Waals surface area contributed by atoms with Gasteiger partial charge in [-0.3, -0.25) is 14.4 Å². The van der Waals surface area contributed by atoms with Gasteiger partial charge in [0, 0.05) is 23.5 Å². The molecule has 1 aliphatic heterocycles. The van der Waals surface area contributed by atoms with Gasteiger partial charge in [-0.15, -0.1) is 0 Å². The summed E-state index contributed by atoms with van der Waals surface area (Å²) in [5.74, 6) is -2.36. The number of hydrogen-bond acceptors (Lipinski definition) is 5. The fraction of sp³-hybridized carbons (Fsp3) is 0.200. The molecule has 0 saturated heterocycles. The molecule has 2 amide bonds. The van der Waals surface area contributed by atoms with E-state index in [0.717, 1.165) is 21.2 Å². The van der Waals surface area contributed by atoms with Crippen LogP contribution in [0, 0.1) is 5.92 Å². The fourth-order valence-corrected chi connectivity index (χ4v) is 6.56. The van der Waals surface area contributed by atoms with Gasteiger partial charge in [0.05, 0.1) is 11.1 Å². The molecule has 1 aliphatic rings. The molecule has 5 aromatic rings. The SMILES string of the molecule is CC(C)(C)OC(=O)N1C(=O)[C@](Cc2cccc3ccccc23)([C@H](CC(=O)c2ccccc2)C(=O)c2ccccc2)c2ccccc21. The second kappa shape index (κ2) is 12.2. The van der Waals surface area contributed by atoms with E-state index in [2.05, 4.69) is 0 Å². The van der Waals surface area contributed by atoms with Gasteiger partial charge in [-0.1, -0.05) is 121 Å². The van der Waals surface area contributed by atoms with Gasteiger partial charge in [-0.05, 0) is 55.2 Å². The van der Waals surface area contributed by atoms with Crippen LogP contribution in [0.5, 0.6) is 0 Å². The monoisotopic (exact) mass is 609 g/mol. The zero-order valence-corrected chi connectivity index (χ0v) is 26.1. The second-order valence-corrected chi connectivity index (χ2v) is 12.7. The maximum absolute atomic E-state index is 15.2. The summed E-state index contributed by atoms with van der Waals surface area (Å²) in [6, 6.07) is 38.3. The zero-order chi connectivity index (χ0) is 32.5.